The monoisotopic (exact) mass is 324 g/mol. The molecule has 2 aliphatic rings. The van der Waals surface area contributed by atoms with Crippen molar-refractivity contribution in [2.24, 2.45) is 11.7 Å². The fourth-order valence-electron chi connectivity index (χ4n) is 2.30. The molecule has 4 heteroatoms. The minimum atomic E-state index is 0.461. The first-order valence-corrected chi connectivity index (χ1v) is 7.71. The highest BCUT2D eigenvalue weighted by atomic mass is 79.9. The van der Waals surface area contributed by atoms with Crippen LogP contribution in [-0.4, -0.2) is 17.6 Å². The molecule has 2 nitrogen and oxygen atoms in total. The first kappa shape index (κ1) is 12.4. The van der Waals surface area contributed by atoms with Gasteiger partial charge in [0.2, 0.25) is 0 Å². The average molecular weight is 325 g/mol. The van der Waals surface area contributed by atoms with Crippen LogP contribution in [0.25, 0.3) is 0 Å². The summed E-state index contributed by atoms with van der Waals surface area (Å²) < 4.78 is 1.11. The third-order valence-electron chi connectivity index (χ3n) is 3.68. The molecule has 0 atom stereocenters. The van der Waals surface area contributed by atoms with Crippen molar-refractivity contribution < 1.29 is 0 Å². The normalized spacial score (nSPS) is 18.7. The molecule has 2 fully saturated rings. The van der Waals surface area contributed by atoms with E-state index in [4.69, 9.17) is 18.0 Å². The molecule has 3 rings (SSSR count). The Hall–Kier alpha value is -0.610. The quantitative estimate of drug-likeness (QED) is 0.841. The number of nitrogens with two attached hydrogens (primary N) is 1. The van der Waals surface area contributed by atoms with Crippen molar-refractivity contribution in [1.82, 2.24) is 0 Å². The Morgan fingerprint density at radius 1 is 1.33 bits per heavy atom. The smallest absolute Gasteiger partial charge is 0.104 e. The van der Waals surface area contributed by atoms with Gasteiger partial charge in [-0.25, -0.2) is 0 Å². The lowest BCUT2D eigenvalue weighted by atomic mass is 10.2. The standard InChI is InChI=1S/C14H17BrN2S/c15-12-7-10(14(16)18)3-6-13(12)17(11-4-5-11)8-9-1-2-9/h3,6-7,9,11H,1-2,4-5,8H2,(H2,16,18). The summed E-state index contributed by atoms with van der Waals surface area (Å²) in [7, 11) is 0. The molecule has 0 saturated heterocycles. The molecule has 2 N–H and O–H groups in total. The second-order valence-electron chi connectivity index (χ2n) is 5.36. The molecule has 0 amide bonds. The van der Waals surface area contributed by atoms with E-state index in [1.165, 1.54) is 37.9 Å². The van der Waals surface area contributed by atoms with Crippen LogP contribution >= 0.6 is 28.1 Å². The van der Waals surface area contributed by atoms with Gasteiger partial charge in [-0.2, -0.15) is 0 Å². The van der Waals surface area contributed by atoms with Crippen LogP contribution in [0.2, 0.25) is 0 Å². The number of benzene rings is 1. The fraction of sp³-hybridized carbons (Fsp3) is 0.500. The predicted octanol–water partition coefficient (Wildman–Crippen LogP) is 3.46. The van der Waals surface area contributed by atoms with E-state index in [1.54, 1.807) is 0 Å². The van der Waals surface area contributed by atoms with Crippen LogP contribution in [0.15, 0.2) is 22.7 Å². The second kappa shape index (κ2) is 4.82. The summed E-state index contributed by atoms with van der Waals surface area (Å²) in [5.74, 6) is 0.910. The van der Waals surface area contributed by atoms with E-state index in [-0.39, 0.29) is 0 Å². The maximum atomic E-state index is 5.67. The lowest BCUT2D eigenvalue weighted by Crippen LogP contribution is -2.28. The van der Waals surface area contributed by atoms with Crippen LogP contribution in [0.5, 0.6) is 0 Å². The van der Waals surface area contributed by atoms with E-state index in [9.17, 15) is 0 Å². The van der Waals surface area contributed by atoms with Crippen LogP contribution in [0.1, 0.15) is 31.2 Å². The van der Waals surface area contributed by atoms with Crippen molar-refractivity contribution >= 4 is 38.8 Å². The summed E-state index contributed by atoms with van der Waals surface area (Å²) in [6.45, 7) is 1.20. The predicted molar refractivity (Wildman–Crippen MR) is 83.1 cm³/mol. The Kier molecular flexibility index (Phi) is 3.32. The zero-order valence-corrected chi connectivity index (χ0v) is 12.6. The zero-order valence-electron chi connectivity index (χ0n) is 10.2. The van der Waals surface area contributed by atoms with Crippen molar-refractivity contribution in [3.8, 4) is 0 Å². The van der Waals surface area contributed by atoms with Gasteiger partial charge in [-0.15, -0.1) is 0 Å². The number of anilines is 1. The lowest BCUT2D eigenvalue weighted by Gasteiger charge is -2.26. The molecule has 0 aromatic heterocycles. The highest BCUT2D eigenvalue weighted by Crippen LogP contribution is 2.40. The number of rotatable bonds is 5. The first-order valence-electron chi connectivity index (χ1n) is 6.51. The van der Waals surface area contributed by atoms with Crippen LogP contribution in [0.4, 0.5) is 5.69 Å². The van der Waals surface area contributed by atoms with Crippen molar-refractivity contribution in [1.29, 1.82) is 0 Å². The van der Waals surface area contributed by atoms with E-state index in [1.807, 2.05) is 12.1 Å². The minimum Gasteiger partial charge on any atom is -0.389 e. The van der Waals surface area contributed by atoms with Gasteiger partial charge in [-0.05, 0) is 65.7 Å². The van der Waals surface area contributed by atoms with E-state index in [2.05, 4.69) is 26.9 Å². The zero-order chi connectivity index (χ0) is 12.7. The molecule has 18 heavy (non-hydrogen) atoms. The Morgan fingerprint density at radius 3 is 2.56 bits per heavy atom. The number of hydrogen-bond acceptors (Lipinski definition) is 2. The SMILES string of the molecule is NC(=S)c1ccc(N(CC2CC2)C2CC2)c(Br)c1. The number of hydrogen-bond donors (Lipinski definition) is 1. The van der Waals surface area contributed by atoms with Crippen molar-refractivity contribution in [2.45, 2.75) is 31.7 Å². The van der Waals surface area contributed by atoms with Gasteiger partial charge in [-0.3, -0.25) is 0 Å². The molecule has 0 bridgehead atoms. The molecule has 1 aromatic carbocycles. The van der Waals surface area contributed by atoms with Gasteiger partial charge in [0.1, 0.15) is 4.99 Å². The molecular formula is C14H17BrN2S. The number of halogens is 1. The van der Waals surface area contributed by atoms with E-state index < -0.39 is 0 Å². The van der Waals surface area contributed by atoms with E-state index >= 15 is 0 Å². The van der Waals surface area contributed by atoms with Crippen LogP contribution in [0.3, 0.4) is 0 Å². The summed E-state index contributed by atoms with van der Waals surface area (Å²) in [6, 6.07) is 6.97. The molecule has 0 heterocycles. The van der Waals surface area contributed by atoms with Gasteiger partial charge < -0.3 is 10.6 Å². The minimum absolute atomic E-state index is 0.461. The molecule has 0 spiro atoms. The number of thiocarbonyl (C=S) groups is 1. The lowest BCUT2D eigenvalue weighted by molar-refractivity contribution is 0.717. The molecular weight excluding hydrogens is 308 g/mol. The Balaban J connectivity index is 1.86. The Bertz CT molecular complexity index is 481. The second-order valence-corrected chi connectivity index (χ2v) is 6.65. The summed E-state index contributed by atoms with van der Waals surface area (Å²) in [4.78, 5) is 3.02. The van der Waals surface area contributed by atoms with Crippen molar-refractivity contribution in [3.63, 3.8) is 0 Å². The largest absolute Gasteiger partial charge is 0.389 e. The highest BCUT2D eigenvalue weighted by molar-refractivity contribution is 9.10. The molecule has 0 aliphatic heterocycles. The molecule has 2 aliphatic carbocycles. The molecule has 2 saturated carbocycles. The molecule has 0 unspecified atom stereocenters. The Labute approximate surface area is 122 Å². The third kappa shape index (κ3) is 2.69. The Morgan fingerprint density at radius 2 is 2.06 bits per heavy atom. The van der Waals surface area contributed by atoms with Crippen LogP contribution < -0.4 is 10.6 Å². The summed E-state index contributed by atoms with van der Waals surface area (Å²) in [5, 5.41) is 0. The van der Waals surface area contributed by atoms with Crippen LogP contribution in [0, 0.1) is 5.92 Å². The average Bonchev–Trinajstić information content (AvgIpc) is 3.19. The van der Waals surface area contributed by atoms with E-state index in [0.29, 0.717) is 4.99 Å². The van der Waals surface area contributed by atoms with Crippen molar-refractivity contribution in [3.05, 3.63) is 28.2 Å². The molecule has 0 radical (unpaired) electrons. The van der Waals surface area contributed by atoms with Gasteiger partial charge in [0.25, 0.3) is 0 Å². The van der Waals surface area contributed by atoms with E-state index in [0.717, 1.165) is 22.0 Å². The maximum absolute atomic E-state index is 5.67. The number of nitrogens with zero attached hydrogens (tertiary/aromatic N) is 1. The van der Waals surface area contributed by atoms with Gasteiger partial charge in [0, 0.05) is 22.6 Å². The maximum Gasteiger partial charge on any atom is 0.104 e. The topological polar surface area (TPSA) is 29.3 Å². The van der Waals surface area contributed by atoms with Gasteiger partial charge in [0.15, 0.2) is 0 Å². The third-order valence-corrected chi connectivity index (χ3v) is 4.55. The molecule has 1 aromatic rings. The van der Waals surface area contributed by atoms with Crippen LogP contribution in [-0.2, 0) is 0 Å². The summed E-state index contributed by atoms with van der Waals surface area (Å²) in [6.07, 6.45) is 5.45. The highest BCUT2D eigenvalue weighted by Gasteiger charge is 2.34. The fourth-order valence-corrected chi connectivity index (χ4v) is 3.04. The summed E-state index contributed by atoms with van der Waals surface area (Å²) >= 11 is 8.68. The summed E-state index contributed by atoms with van der Waals surface area (Å²) in [5.41, 5.74) is 7.90. The molecule has 96 valence electrons. The van der Waals surface area contributed by atoms with Gasteiger partial charge in [0.05, 0.1) is 5.69 Å². The van der Waals surface area contributed by atoms with Crippen molar-refractivity contribution in [2.75, 3.05) is 11.4 Å². The first-order chi connectivity index (χ1) is 8.65. The van der Waals surface area contributed by atoms with Gasteiger partial charge >= 0.3 is 0 Å². The van der Waals surface area contributed by atoms with Gasteiger partial charge in [-0.1, -0.05) is 12.2 Å².